The standard InChI is InChI=1S/C12H15BrN2O3S2/c1-15-8-2-3-9(15)10(16)6-7-14-20(17,18)12-5-4-11(13)19-12/h2-5,8,10,14,16H,6-7H2,1H3. The first kappa shape index (κ1) is 15.7. The van der Waals surface area contributed by atoms with E-state index in [1.165, 1.54) is 0 Å². The van der Waals surface area contributed by atoms with E-state index < -0.39 is 16.1 Å². The van der Waals surface area contributed by atoms with Gasteiger partial charge in [-0.2, -0.15) is 0 Å². The number of aromatic nitrogens is 1. The number of hydrogen-bond acceptors (Lipinski definition) is 4. The van der Waals surface area contributed by atoms with Crippen LogP contribution in [0.25, 0.3) is 0 Å². The molecule has 0 aliphatic carbocycles. The van der Waals surface area contributed by atoms with Gasteiger partial charge in [-0.25, -0.2) is 13.1 Å². The highest BCUT2D eigenvalue weighted by molar-refractivity contribution is 9.11. The molecule has 20 heavy (non-hydrogen) atoms. The van der Waals surface area contributed by atoms with E-state index in [0.717, 1.165) is 20.8 Å². The Morgan fingerprint density at radius 2 is 2.20 bits per heavy atom. The second-order valence-corrected chi connectivity index (χ2v) is 8.76. The zero-order chi connectivity index (χ0) is 14.8. The zero-order valence-electron chi connectivity index (χ0n) is 10.8. The van der Waals surface area contributed by atoms with E-state index in [-0.39, 0.29) is 10.8 Å². The molecular weight excluding hydrogens is 364 g/mol. The van der Waals surface area contributed by atoms with Crippen LogP contribution in [0, 0.1) is 0 Å². The molecule has 0 aliphatic heterocycles. The van der Waals surface area contributed by atoms with Crippen molar-refractivity contribution in [3.05, 3.63) is 39.9 Å². The van der Waals surface area contributed by atoms with Gasteiger partial charge in [0.2, 0.25) is 10.0 Å². The Labute approximate surface area is 130 Å². The second-order valence-electron chi connectivity index (χ2n) is 4.30. The summed E-state index contributed by atoms with van der Waals surface area (Å²) in [5.41, 5.74) is 0.767. The Morgan fingerprint density at radius 1 is 1.45 bits per heavy atom. The average Bonchev–Trinajstić information content (AvgIpc) is 2.98. The van der Waals surface area contributed by atoms with E-state index in [2.05, 4.69) is 20.7 Å². The van der Waals surface area contributed by atoms with Crippen molar-refractivity contribution in [3.8, 4) is 0 Å². The number of aliphatic hydroxyl groups is 1. The van der Waals surface area contributed by atoms with Crippen LogP contribution in [0.3, 0.4) is 0 Å². The third-order valence-electron chi connectivity index (χ3n) is 2.85. The predicted molar refractivity (Wildman–Crippen MR) is 82.2 cm³/mol. The van der Waals surface area contributed by atoms with Gasteiger partial charge in [-0.1, -0.05) is 0 Å². The lowest BCUT2D eigenvalue weighted by molar-refractivity contribution is 0.161. The molecule has 0 amide bonds. The molecule has 2 rings (SSSR count). The normalized spacial score (nSPS) is 13.6. The van der Waals surface area contributed by atoms with Crippen LogP contribution in [-0.2, 0) is 17.1 Å². The van der Waals surface area contributed by atoms with Crippen molar-refractivity contribution in [1.82, 2.24) is 9.29 Å². The van der Waals surface area contributed by atoms with E-state index in [0.29, 0.717) is 6.42 Å². The van der Waals surface area contributed by atoms with Gasteiger partial charge in [-0.05, 0) is 46.6 Å². The van der Waals surface area contributed by atoms with Crippen molar-refractivity contribution in [1.29, 1.82) is 0 Å². The number of halogens is 1. The van der Waals surface area contributed by atoms with Crippen molar-refractivity contribution in [2.24, 2.45) is 7.05 Å². The highest BCUT2D eigenvalue weighted by atomic mass is 79.9. The highest BCUT2D eigenvalue weighted by Gasteiger charge is 2.17. The van der Waals surface area contributed by atoms with Crippen LogP contribution in [-0.4, -0.2) is 24.6 Å². The zero-order valence-corrected chi connectivity index (χ0v) is 14.0. The van der Waals surface area contributed by atoms with E-state index in [1.807, 2.05) is 29.9 Å². The summed E-state index contributed by atoms with van der Waals surface area (Å²) in [7, 11) is -1.65. The SMILES string of the molecule is Cn1cccc1C(O)CCNS(=O)(=O)c1ccc(Br)s1. The molecule has 2 aromatic heterocycles. The van der Waals surface area contributed by atoms with Gasteiger partial charge < -0.3 is 9.67 Å². The Morgan fingerprint density at radius 3 is 2.75 bits per heavy atom. The molecule has 2 aromatic rings. The number of sulfonamides is 1. The topological polar surface area (TPSA) is 71.3 Å². The van der Waals surface area contributed by atoms with Crippen molar-refractivity contribution in [2.75, 3.05) is 6.54 Å². The fourth-order valence-corrected chi connectivity index (χ4v) is 4.91. The molecule has 2 N–H and O–H groups in total. The van der Waals surface area contributed by atoms with Gasteiger partial charge in [-0.3, -0.25) is 0 Å². The summed E-state index contributed by atoms with van der Waals surface area (Å²) in [4.78, 5) is 0. The molecule has 0 radical (unpaired) electrons. The molecule has 8 heteroatoms. The summed E-state index contributed by atoms with van der Waals surface area (Å²) in [5, 5.41) is 10.0. The third-order valence-corrected chi connectivity index (χ3v) is 6.43. The van der Waals surface area contributed by atoms with Crippen LogP contribution >= 0.6 is 27.3 Å². The monoisotopic (exact) mass is 378 g/mol. The number of aryl methyl sites for hydroxylation is 1. The Balaban J connectivity index is 1.91. The number of nitrogens with one attached hydrogen (secondary N) is 1. The second kappa shape index (κ2) is 6.40. The highest BCUT2D eigenvalue weighted by Crippen LogP contribution is 2.26. The first-order valence-electron chi connectivity index (χ1n) is 5.94. The molecular formula is C12H15BrN2O3S2. The maximum absolute atomic E-state index is 12.0. The quantitative estimate of drug-likeness (QED) is 0.809. The minimum absolute atomic E-state index is 0.185. The molecule has 0 fully saturated rings. The van der Waals surface area contributed by atoms with Gasteiger partial charge in [0.1, 0.15) is 4.21 Å². The number of hydrogen-bond donors (Lipinski definition) is 2. The summed E-state index contributed by atoms with van der Waals surface area (Å²) in [6.45, 7) is 0.185. The van der Waals surface area contributed by atoms with Crippen LogP contribution < -0.4 is 4.72 Å². The molecule has 0 aliphatic rings. The van der Waals surface area contributed by atoms with Gasteiger partial charge in [0.25, 0.3) is 0 Å². The fraction of sp³-hybridized carbons (Fsp3) is 0.333. The van der Waals surface area contributed by atoms with Crippen LogP contribution in [0.5, 0.6) is 0 Å². The fourth-order valence-electron chi connectivity index (χ4n) is 1.81. The van der Waals surface area contributed by atoms with E-state index in [1.54, 1.807) is 12.1 Å². The van der Waals surface area contributed by atoms with E-state index in [9.17, 15) is 13.5 Å². The van der Waals surface area contributed by atoms with Gasteiger partial charge >= 0.3 is 0 Å². The molecule has 0 bridgehead atoms. The van der Waals surface area contributed by atoms with Gasteiger partial charge in [0, 0.05) is 25.5 Å². The number of nitrogens with zero attached hydrogens (tertiary/aromatic N) is 1. The van der Waals surface area contributed by atoms with Gasteiger partial charge in [0.15, 0.2) is 0 Å². The third kappa shape index (κ3) is 3.70. The summed E-state index contributed by atoms with van der Waals surface area (Å²) < 4.78 is 29.3. The van der Waals surface area contributed by atoms with Crippen LogP contribution in [0.1, 0.15) is 18.2 Å². The van der Waals surface area contributed by atoms with E-state index >= 15 is 0 Å². The minimum atomic E-state index is -3.49. The molecule has 0 saturated carbocycles. The summed E-state index contributed by atoms with van der Waals surface area (Å²) >= 11 is 4.39. The van der Waals surface area contributed by atoms with Gasteiger partial charge in [-0.15, -0.1) is 11.3 Å². The number of aliphatic hydroxyl groups excluding tert-OH is 1. The molecule has 0 aromatic carbocycles. The molecule has 1 unspecified atom stereocenters. The lowest BCUT2D eigenvalue weighted by Gasteiger charge is -2.12. The lowest BCUT2D eigenvalue weighted by Crippen LogP contribution is -2.25. The lowest BCUT2D eigenvalue weighted by atomic mass is 10.2. The minimum Gasteiger partial charge on any atom is -0.387 e. The maximum atomic E-state index is 12.0. The predicted octanol–water partition coefficient (Wildman–Crippen LogP) is 2.25. The van der Waals surface area contributed by atoms with Gasteiger partial charge in [0.05, 0.1) is 9.89 Å². The summed E-state index contributed by atoms with van der Waals surface area (Å²) in [6.07, 6.45) is 1.47. The van der Waals surface area contributed by atoms with Crippen molar-refractivity contribution in [3.63, 3.8) is 0 Å². The van der Waals surface area contributed by atoms with Crippen molar-refractivity contribution < 1.29 is 13.5 Å². The van der Waals surface area contributed by atoms with Crippen LogP contribution in [0.15, 0.2) is 38.5 Å². The van der Waals surface area contributed by atoms with Crippen LogP contribution in [0.4, 0.5) is 0 Å². The molecule has 1 atom stereocenters. The Bertz CT molecular complexity index is 678. The molecule has 0 spiro atoms. The average molecular weight is 379 g/mol. The smallest absolute Gasteiger partial charge is 0.250 e. The molecule has 110 valence electrons. The molecule has 5 nitrogen and oxygen atoms in total. The van der Waals surface area contributed by atoms with Crippen molar-refractivity contribution >= 4 is 37.3 Å². The van der Waals surface area contributed by atoms with E-state index in [4.69, 9.17) is 0 Å². The van der Waals surface area contributed by atoms with Crippen LogP contribution in [0.2, 0.25) is 0 Å². The first-order chi connectivity index (χ1) is 9.40. The molecule has 0 saturated heterocycles. The maximum Gasteiger partial charge on any atom is 0.250 e. The molecule has 2 heterocycles. The Kier molecular flexibility index (Phi) is 5.03. The number of rotatable bonds is 6. The first-order valence-corrected chi connectivity index (χ1v) is 9.04. The van der Waals surface area contributed by atoms with Crippen molar-refractivity contribution in [2.45, 2.75) is 16.7 Å². The Hall–Kier alpha value is -0.670. The largest absolute Gasteiger partial charge is 0.387 e. The number of thiophene rings is 1. The summed E-state index contributed by atoms with van der Waals surface area (Å²) in [5.74, 6) is 0. The summed E-state index contributed by atoms with van der Waals surface area (Å²) in [6, 6.07) is 6.89.